The highest BCUT2D eigenvalue weighted by atomic mass is 28.1. The lowest BCUT2D eigenvalue weighted by Gasteiger charge is -2.14. The van der Waals surface area contributed by atoms with Crippen LogP contribution < -0.4 is 0 Å². The fourth-order valence-corrected chi connectivity index (χ4v) is 3.29. The van der Waals surface area contributed by atoms with Crippen molar-refractivity contribution in [1.82, 2.24) is 0 Å². The van der Waals surface area contributed by atoms with Crippen molar-refractivity contribution in [2.24, 2.45) is 0 Å². The number of aryl methyl sites for hydroxylation is 1. The summed E-state index contributed by atoms with van der Waals surface area (Å²) in [5, 5.41) is 0. The highest BCUT2D eigenvalue weighted by Crippen LogP contribution is 2.30. The van der Waals surface area contributed by atoms with Gasteiger partial charge in [-0.2, -0.15) is 0 Å². The van der Waals surface area contributed by atoms with E-state index in [2.05, 4.69) is 92.5 Å². The smallest absolute Gasteiger partial charge is 0.0399 e. The van der Waals surface area contributed by atoms with Gasteiger partial charge in [-0.05, 0) is 70.1 Å². The Morgan fingerprint density at radius 3 is 2.17 bits per heavy atom. The molecule has 29 heavy (non-hydrogen) atoms. The standard InChI is InChI=1S/C28H26Si/c1-21(20-29)19-28-23(3)22(2)17-18-27(28)26(25-14-8-5-9-15-25)16-10-13-24-11-6-4-7-12-24/h4-9,11-15,17-20H,29H2,1-3H3. The molecule has 1 heteroatoms. The van der Waals surface area contributed by atoms with E-state index in [4.69, 9.17) is 0 Å². The number of benzene rings is 3. The molecule has 0 unspecified atom stereocenters. The van der Waals surface area contributed by atoms with Crippen LogP contribution in [0.2, 0.25) is 0 Å². The van der Waals surface area contributed by atoms with Crippen molar-refractivity contribution in [2.75, 3.05) is 0 Å². The zero-order chi connectivity index (χ0) is 20.6. The molecular formula is C28H26Si. The van der Waals surface area contributed by atoms with Gasteiger partial charge >= 0.3 is 0 Å². The van der Waals surface area contributed by atoms with Gasteiger partial charge in [0.1, 0.15) is 0 Å². The molecule has 0 aliphatic rings. The van der Waals surface area contributed by atoms with E-state index in [1.54, 1.807) is 0 Å². The molecule has 3 rings (SSSR count). The molecule has 0 atom stereocenters. The molecule has 0 bridgehead atoms. The SMILES string of the molecule is CC(C=[SiH2])=Cc1c(C(=C=C=Cc2ccccc2)c2ccccc2)ccc(C)c1C. The molecule has 0 aliphatic heterocycles. The predicted octanol–water partition coefficient (Wildman–Crippen LogP) is 6.04. The van der Waals surface area contributed by atoms with Gasteiger partial charge in [0, 0.05) is 5.57 Å². The van der Waals surface area contributed by atoms with Crippen LogP contribution >= 0.6 is 0 Å². The first-order valence-corrected chi connectivity index (χ1v) is 10.7. The van der Waals surface area contributed by atoms with Gasteiger partial charge in [-0.25, -0.2) is 0 Å². The van der Waals surface area contributed by atoms with Crippen LogP contribution in [0.5, 0.6) is 0 Å². The van der Waals surface area contributed by atoms with Crippen molar-refractivity contribution in [3.05, 3.63) is 123 Å². The van der Waals surface area contributed by atoms with Gasteiger partial charge in [0.25, 0.3) is 0 Å². The maximum atomic E-state index is 3.45. The van der Waals surface area contributed by atoms with E-state index < -0.39 is 0 Å². The van der Waals surface area contributed by atoms with Crippen LogP contribution in [0, 0.1) is 13.8 Å². The maximum Gasteiger partial charge on any atom is 0.0399 e. The first-order chi connectivity index (χ1) is 14.1. The van der Waals surface area contributed by atoms with Crippen LogP contribution in [0.1, 0.15) is 40.3 Å². The normalized spacial score (nSPS) is 10.7. The summed E-state index contributed by atoms with van der Waals surface area (Å²) in [6.45, 7) is 6.51. The van der Waals surface area contributed by atoms with E-state index in [1.165, 1.54) is 27.8 Å². The molecule has 0 radical (unpaired) electrons. The van der Waals surface area contributed by atoms with Gasteiger partial charge in [0.2, 0.25) is 0 Å². The van der Waals surface area contributed by atoms with Crippen molar-refractivity contribution in [2.45, 2.75) is 20.8 Å². The molecule has 0 aliphatic carbocycles. The molecule has 0 saturated heterocycles. The molecule has 0 saturated carbocycles. The Hall–Kier alpha value is -3.21. The van der Waals surface area contributed by atoms with Gasteiger partial charge in [-0.15, -0.1) is 0 Å². The second kappa shape index (κ2) is 9.82. The fourth-order valence-electron chi connectivity index (χ4n) is 3.17. The largest absolute Gasteiger partial charge is 0.0855 e. The Balaban J connectivity index is 2.29. The summed E-state index contributed by atoms with van der Waals surface area (Å²) >= 11 is 0. The Morgan fingerprint density at radius 2 is 1.52 bits per heavy atom. The zero-order valence-corrected chi connectivity index (χ0v) is 18.8. The Labute approximate surface area is 177 Å². The van der Waals surface area contributed by atoms with Crippen molar-refractivity contribution in [3.8, 4) is 0 Å². The summed E-state index contributed by atoms with van der Waals surface area (Å²) in [7, 11) is 1.87. The van der Waals surface area contributed by atoms with E-state index in [9.17, 15) is 0 Å². The number of hydrogen-bond donors (Lipinski definition) is 0. The first kappa shape index (κ1) is 20.5. The summed E-state index contributed by atoms with van der Waals surface area (Å²) in [5.74, 6) is 0. The van der Waals surface area contributed by atoms with Crippen LogP contribution in [-0.2, 0) is 0 Å². The predicted molar refractivity (Wildman–Crippen MR) is 131 cm³/mol. The summed E-state index contributed by atoms with van der Waals surface area (Å²) in [4.78, 5) is 0. The average Bonchev–Trinajstić information content (AvgIpc) is 2.76. The van der Waals surface area contributed by atoms with Crippen LogP contribution in [-0.4, -0.2) is 15.5 Å². The Bertz CT molecular complexity index is 1140. The lowest BCUT2D eigenvalue weighted by molar-refractivity contribution is 1.31. The lowest BCUT2D eigenvalue weighted by Crippen LogP contribution is -1.97. The minimum Gasteiger partial charge on any atom is -0.0855 e. The van der Waals surface area contributed by atoms with Crippen LogP contribution in [0.15, 0.2) is 89.8 Å². The molecule has 0 heterocycles. The summed E-state index contributed by atoms with van der Waals surface area (Å²) < 4.78 is 0. The minimum atomic E-state index is 1.05. The van der Waals surface area contributed by atoms with Crippen molar-refractivity contribution in [3.63, 3.8) is 0 Å². The third-order valence-electron chi connectivity index (χ3n) is 5.05. The summed E-state index contributed by atoms with van der Waals surface area (Å²) in [5.41, 5.74) is 18.5. The molecule has 0 amide bonds. The van der Waals surface area contributed by atoms with Gasteiger partial charge in [0.05, 0.1) is 0 Å². The highest BCUT2D eigenvalue weighted by molar-refractivity contribution is 6.33. The monoisotopic (exact) mass is 390 g/mol. The van der Waals surface area contributed by atoms with Crippen molar-refractivity contribution >= 4 is 33.3 Å². The zero-order valence-electron chi connectivity index (χ0n) is 17.4. The molecule has 0 aromatic heterocycles. The van der Waals surface area contributed by atoms with E-state index in [0.717, 1.165) is 16.7 Å². The second-order valence-electron chi connectivity index (χ2n) is 7.13. The number of rotatable bonds is 5. The number of hydrogen-bond acceptors (Lipinski definition) is 0. The van der Waals surface area contributed by atoms with Crippen LogP contribution in [0.25, 0.3) is 17.7 Å². The molecule has 3 aromatic rings. The van der Waals surface area contributed by atoms with Gasteiger partial charge in [-0.3, -0.25) is 0 Å². The maximum absolute atomic E-state index is 3.45. The molecule has 0 N–H and O–H groups in total. The summed E-state index contributed by atoms with van der Waals surface area (Å²) in [6.07, 6.45) is 4.25. The van der Waals surface area contributed by atoms with Crippen molar-refractivity contribution < 1.29 is 0 Å². The highest BCUT2D eigenvalue weighted by Gasteiger charge is 2.12. The van der Waals surface area contributed by atoms with Gasteiger partial charge in [-0.1, -0.05) is 102 Å². The van der Waals surface area contributed by atoms with Crippen LogP contribution in [0.4, 0.5) is 0 Å². The van der Waals surface area contributed by atoms with Crippen LogP contribution in [0.3, 0.4) is 0 Å². The molecule has 142 valence electrons. The third kappa shape index (κ3) is 5.19. The molecule has 3 aromatic carbocycles. The van der Waals surface area contributed by atoms with E-state index in [1.807, 2.05) is 40.2 Å². The fraction of sp³-hybridized carbons (Fsp3) is 0.107. The van der Waals surface area contributed by atoms with E-state index in [0.29, 0.717) is 0 Å². The third-order valence-corrected chi connectivity index (χ3v) is 5.69. The second-order valence-corrected chi connectivity index (χ2v) is 7.53. The molecule has 0 fully saturated rings. The lowest BCUT2D eigenvalue weighted by atomic mass is 9.89. The van der Waals surface area contributed by atoms with E-state index in [-0.39, 0.29) is 0 Å². The minimum absolute atomic E-state index is 1.05. The number of allylic oxidation sites excluding steroid dienone is 1. The average molecular weight is 391 g/mol. The van der Waals surface area contributed by atoms with Gasteiger partial charge < -0.3 is 0 Å². The Kier molecular flexibility index (Phi) is 6.95. The molecule has 0 spiro atoms. The Morgan fingerprint density at radius 1 is 0.862 bits per heavy atom. The summed E-state index contributed by atoms with van der Waals surface area (Å²) in [6, 6.07) is 25.1. The molecule has 0 nitrogen and oxygen atoms in total. The van der Waals surface area contributed by atoms with Gasteiger partial charge in [0.15, 0.2) is 0 Å². The quantitative estimate of drug-likeness (QED) is 0.368. The molecular weight excluding hydrogens is 364 g/mol. The van der Waals surface area contributed by atoms with E-state index >= 15 is 0 Å². The topological polar surface area (TPSA) is 0 Å². The van der Waals surface area contributed by atoms with Crippen molar-refractivity contribution in [1.29, 1.82) is 0 Å². The first-order valence-electron chi connectivity index (χ1n) is 9.83.